The summed E-state index contributed by atoms with van der Waals surface area (Å²) in [6, 6.07) is 5.16. The van der Waals surface area contributed by atoms with Gasteiger partial charge in [0.05, 0.1) is 6.20 Å². The van der Waals surface area contributed by atoms with E-state index in [0.29, 0.717) is 16.5 Å². The van der Waals surface area contributed by atoms with Gasteiger partial charge >= 0.3 is 0 Å². The highest BCUT2D eigenvalue weighted by Gasteiger charge is 2.35. The summed E-state index contributed by atoms with van der Waals surface area (Å²) in [7, 11) is -3.47. The zero-order valence-electron chi connectivity index (χ0n) is 14.2. The van der Waals surface area contributed by atoms with E-state index in [0.717, 1.165) is 11.1 Å². The highest BCUT2D eigenvalue weighted by atomic mass is 35.5. The maximum atomic E-state index is 12.3. The van der Waals surface area contributed by atoms with Gasteiger partial charge in [-0.3, -0.25) is 0 Å². The van der Waals surface area contributed by atoms with Gasteiger partial charge in [0.2, 0.25) is 5.50 Å². The van der Waals surface area contributed by atoms with Crippen molar-refractivity contribution in [3.05, 3.63) is 40.5 Å². The molecular weight excluding hydrogens is 362 g/mol. The van der Waals surface area contributed by atoms with Crippen LogP contribution in [0.4, 0.5) is 11.5 Å². The second kappa shape index (κ2) is 6.34. The van der Waals surface area contributed by atoms with E-state index in [1.807, 2.05) is 13.8 Å². The van der Waals surface area contributed by atoms with Crippen LogP contribution in [0.2, 0.25) is 5.02 Å². The fourth-order valence-corrected chi connectivity index (χ4v) is 3.95. The average molecular weight is 382 g/mol. The van der Waals surface area contributed by atoms with Crippen molar-refractivity contribution < 1.29 is 8.42 Å². The first-order valence-corrected chi connectivity index (χ1v) is 10.1. The Morgan fingerprint density at radius 3 is 2.72 bits per heavy atom. The number of aromatic nitrogens is 2. The lowest BCUT2D eigenvalue weighted by Crippen LogP contribution is -2.43. The first kappa shape index (κ1) is 17.8. The summed E-state index contributed by atoms with van der Waals surface area (Å²) in [6.07, 6.45) is 4.36. The van der Waals surface area contributed by atoms with E-state index in [-0.39, 0.29) is 12.5 Å². The summed E-state index contributed by atoms with van der Waals surface area (Å²) in [4.78, 5) is 5.89. The second-order valence-electron chi connectivity index (χ2n) is 6.42. The van der Waals surface area contributed by atoms with Crippen molar-refractivity contribution in [3.8, 4) is 0 Å². The van der Waals surface area contributed by atoms with Crippen LogP contribution in [0.5, 0.6) is 0 Å². The van der Waals surface area contributed by atoms with Crippen molar-refractivity contribution in [3.63, 3.8) is 0 Å². The minimum absolute atomic E-state index is 0.175. The van der Waals surface area contributed by atoms with Crippen LogP contribution >= 0.6 is 11.6 Å². The van der Waals surface area contributed by atoms with Crippen molar-refractivity contribution in [1.82, 2.24) is 9.78 Å². The van der Waals surface area contributed by atoms with Crippen LogP contribution in [-0.4, -0.2) is 36.3 Å². The van der Waals surface area contributed by atoms with E-state index in [1.165, 1.54) is 12.6 Å². The molecule has 1 aromatic carbocycles. The highest BCUT2D eigenvalue weighted by molar-refractivity contribution is 7.91. The number of hydrogen-bond donors (Lipinski definition) is 1. The van der Waals surface area contributed by atoms with Crippen LogP contribution in [0.1, 0.15) is 30.9 Å². The second-order valence-corrected chi connectivity index (χ2v) is 8.91. The molecule has 25 heavy (non-hydrogen) atoms. The van der Waals surface area contributed by atoms with E-state index in [4.69, 9.17) is 17.3 Å². The van der Waals surface area contributed by atoms with Gasteiger partial charge in [-0.05, 0) is 29.7 Å². The first-order chi connectivity index (χ1) is 11.7. The molecule has 3 rings (SSSR count). The number of nitrogens with zero attached hydrogens (tertiary/aromatic N) is 4. The SMILES string of the molecule is CC(C)c1cnn2c1N(Cc1cc(N)ccc1Cl)C(S(C)(=O)=O)N=C2. The summed E-state index contributed by atoms with van der Waals surface area (Å²) in [5.74, 6) is 0.883. The molecule has 2 aromatic rings. The Kier molecular flexibility index (Phi) is 4.51. The smallest absolute Gasteiger partial charge is 0.227 e. The molecule has 1 atom stereocenters. The zero-order valence-corrected chi connectivity index (χ0v) is 15.8. The third-order valence-electron chi connectivity index (χ3n) is 4.05. The van der Waals surface area contributed by atoms with Crippen molar-refractivity contribution in [2.45, 2.75) is 31.8 Å². The van der Waals surface area contributed by atoms with Crippen LogP contribution in [-0.2, 0) is 16.4 Å². The molecule has 2 heterocycles. The van der Waals surface area contributed by atoms with Gasteiger partial charge in [-0.2, -0.15) is 5.10 Å². The Bertz CT molecular complexity index is 936. The molecule has 1 aliphatic rings. The molecule has 2 N–H and O–H groups in total. The van der Waals surface area contributed by atoms with Crippen molar-refractivity contribution in [2.75, 3.05) is 16.9 Å². The molecule has 0 bridgehead atoms. The topological polar surface area (TPSA) is 93.6 Å². The number of fused-ring (bicyclic) bond motifs is 1. The molecule has 0 saturated heterocycles. The third kappa shape index (κ3) is 3.36. The molecule has 0 fully saturated rings. The molecule has 0 aliphatic carbocycles. The minimum Gasteiger partial charge on any atom is -0.399 e. The summed E-state index contributed by atoms with van der Waals surface area (Å²) >= 11 is 6.29. The fraction of sp³-hybridized carbons (Fsp3) is 0.375. The number of rotatable bonds is 4. The number of nitrogen functional groups attached to an aromatic ring is 1. The summed E-state index contributed by atoms with van der Waals surface area (Å²) in [5, 5.41) is 4.82. The maximum Gasteiger partial charge on any atom is 0.227 e. The molecular formula is C16H20ClN5O2S. The predicted octanol–water partition coefficient (Wildman–Crippen LogP) is 2.47. The Morgan fingerprint density at radius 1 is 1.36 bits per heavy atom. The quantitative estimate of drug-likeness (QED) is 0.821. The largest absolute Gasteiger partial charge is 0.399 e. The normalized spacial score (nSPS) is 17.2. The first-order valence-electron chi connectivity index (χ1n) is 7.78. The van der Waals surface area contributed by atoms with Gasteiger partial charge in [-0.25, -0.2) is 18.1 Å². The number of benzene rings is 1. The molecule has 1 aromatic heterocycles. The lowest BCUT2D eigenvalue weighted by atomic mass is 10.1. The monoisotopic (exact) mass is 381 g/mol. The average Bonchev–Trinajstić information content (AvgIpc) is 2.94. The molecule has 7 nitrogen and oxygen atoms in total. The molecule has 9 heteroatoms. The van der Waals surface area contributed by atoms with Crippen LogP contribution in [0.15, 0.2) is 29.4 Å². The van der Waals surface area contributed by atoms with Gasteiger partial charge in [0.25, 0.3) is 0 Å². The lowest BCUT2D eigenvalue weighted by Gasteiger charge is -2.33. The molecule has 134 valence electrons. The summed E-state index contributed by atoms with van der Waals surface area (Å²) in [6.45, 7) is 4.32. The Hall–Kier alpha value is -2.06. The lowest BCUT2D eigenvalue weighted by molar-refractivity contribution is 0.572. The minimum atomic E-state index is -3.47. The summed E-state index contributed by atoms with van der Waals surface area (Å²) in [5.41, 5.74) is 7.07. The van der Waals surface area contributed by atoms with E-state index in [2.05, 4.69) is 10.1 Å². The number of aliphatic imine (C=N–C) groups is 1. The Balaban J connectivity index is 2.14. The van der Waals surface area contributed by atoms with E-state index in [9.17, 15) is 8.42 Å². The van der Waals surface area contributed by atoms with Crippen LogP contribution in [0, 0.1) is 0 Å². The van der Waals surface area contributed by atoms with Gasteiger partial charge in [-0.1, -0.05) is 25.4 Å². The van der Waals surface area contributed by atoms with Gasteiger partial charge in [0.15, 0.2) is 9.84 Å². The van der Waals surface area contributed by atoms with E-state index < -0.39 is 15.3 Å². The fourth-order valence-electron chi connectivity index (χ4n) is 2.86. The third-order valence-corrected chi connectivity index (χ3v) is 5.56. The van der Waals surface area contributed by atoms with Gasteiger partial charge in [-0.15, -0.1) is 0 Å². The van der Waals surface area contributed by atoms with Gasteiger partial charge in [0, 0.05) is 29.1 Å². The zero-order chi connectivity index (χ0) is 18.4. The van der Waals surface area contributed by atoms with Crippen LogP contribution < -0.4 is 10.6 Å². The number of anilines is 2. The molecule has 1 unspecified atom stereocenters. The molecule has 1 aliphatic heterocycles. The van der Waals surface area contributed by atoms with Crippen molar-refractivity contribution in [2.24, 2.45) is 4.99 Å². The number of sulfone groups is 1. The van der Waals surface area contributed by atoms with Crippen molar-refractivity contribution >= 4 is 39.3 Å². The molecule has 0 amide bonds. The molecule has 0 spiro atoms. The van der Waals surface area contributed by atoms with Gasteiger partial charge in [0.1, 0.15) is 12.2 Å². The number of halogens is 1. The molecule has 0 radical (unpaired) electrons. The number of hydrogen-bond acceptors (Lipinski definition) is 6. The van der Waals surface area contributed by atoms with Crippen LogP contribution in [0.3, 0.4) is 0 Å². The van der Waals surface area contributed by atoms with E-state index >= 15 is 0 Å². The summed E-state index contributed by atoms with van der Waals surface area (Å²) < 4.78 is 26.2. The van der Waals surface area contributed by atoms with Crippen LogP contribution in [0.25, 0.3) is 0 Å². The van der Waals surface area contributed by atoms with Crippen molar-refractivity contribution in [1.29, 1.82) is 0 Å². The Labute approximate surface area is 152 Å². The standard InChI is InChI=1S/C16H20ClN5O2S/c1-10(2)13-7-20-22-9-19-16(25(3,23)24)21(15(13)22)8-11-6-12(18)4-5-14(11)17/h4-7,9-10,16H,8,18H2,1-3H3. The highest BCUT2D eigenvalue weighted by Crippen LogP contribution is 2.34. The van der Waals surface area contributed by atoms with Gasteiger partial charge < -0.3 is 10.6 Å². The Morgan fingerprint density at radius 2 is 2.08 bits per heavy atom. The predicted molar refractivity (Wildman–Crippen MR) is 101 cm³/mol. The maximum absolute atomic E-state index is 12.3. The molecule has 0 saturated carbocycles. The number of nitrogens with two attached hydrogens (primary N) is 1. The van der Waals surface area contributed by atoms with E-state index in [1.54, 1.807) is 34.0 Å².